The van der Waals surface area contributed by atoms with E-state index in [0.717, 1.165) is 0 Å². The first-order valence-corrected chi connectivity index (χ1v) is 5.87. The van der Waals surface area contributed by atoms with Gasteiger partial charge in [-0.1, -0.05) is 18.1 Å². The molecule has 0 heterocycles. The van der Waals surface area contributed by atoms with Gasteiger partial charge in [0.05, 0.1) is 4.92 Å². The zero-order chi connectivity index (χ0) is 13.7. The summed E-state index contributed by atoms with van der Waals surface area (Å²) in [5.41, 5.74) is 5.34. The van der Waals surface area contributed by atoms with E-state index in [9.17, 15) is 10.1 Å². The van der Waals surface area contributed by atoms with E-state index in [1.165, 1.54) is 12.1 Å². The van der Waals surface area contributed by atoms with Gasteiger partial charge in [0, 0.05) is 6.07 Å². The lowest BCUT2D eigenvalue weighted by molar-refractivity contribution is -0.385. The van der Waals surface area contributed by atoms with Crippen LogP contribution in [0.1, 0.15) is 13.3 Å². The number of rotatable bonds is 5. The molecule has 3 N–H and O–H groups in total. The van der Waals surface area contributed by atoms with Crippen LogP contribution in [0.15, 0.2) is 27.8 Å². The number of nitro benzene ring substituents is 1. The van der Waals surface area contributed by atoms with Crippen LogP contribution < -0.4 is 10.5 Å². The standard InChI is InChI=1S/C10H12BrN3O4/c1-2-7(10(12)13-15)18-8-5-3-4-6(9(8)11)14(16)17/h3-5,7,15H,2H2,1H3,(H2,12,13). The van der Waals surface area contributed by atoms with Crippen molar-refractivity contribution >= 4 is 27.5 Å². The Labute approximate surface area is 112 Å². The van der Waals surface area contributed by atoms with E-state index >= 15 is 0 Å². The molecule has 1 aromatic carbocycles. The molecule has 0 saturated carbocycles. The number of hydrogen-bond acceptors (Lipinski definition) is 5. The smallest absolute Gasteiger partial charge is 0.287 e. The average molecular weight is 318 g/mol. The van der Waals surface area contributed by atoms with Crippen molar-refractivity contribution in [2.75, 3.05) is 0 Å². The minimum Gasteiger partial charge on any atom is -0.481 e. The van der Waals surface area contributed by atoms with Gasteiger partial charge in [0.25, 0.3) is 5.69 Å². The Balaban J connectivity index is 3.04. The molecule has 0 radical (unpaired) electrons. The van der Waals surface area contributed by atoms with E-state index < -0.39 is 11.0 Å². The minimum atomic E-state index is -0.645. The Bertz CT molecular complexity index is 478. The van der Waals surface area contributed by atoms with Crippen molar-refractivity contribution in [2.24, 2.45) is 10.9 Å². The number of nitrogens with two attached hydrogens (primary N) is 1. The van der Waals surface area contributed by atoms with Crippen LogP contribution in [0.4, 0.5) is 5.69 Å². The van der Waals surface area contributed by atoms with Crippen molar-refractivity contribution < 1.29 is 14.9 Å². The highest BCUT2D eigenvalue weighted by molar-refractivity contribution is 9.10. The van der Waals surface area contributed by atoms with Crippen molar-refractivity contribution in [1.82, 2.24) is 0 Å². The summed E-state index contributed by atoms with van der Waals surface area (Å²) in [6.45, 7) is 1.79. The summed E-state index contributed by atoms with van der Waals surface area (Å²) in [7, 11) is 0. The summed E-state index contributed by atoms with van der Waals surface area (Å²) >= 11 is 3.10. The Morgan fingerprint density at radius 3 is 2.89 bits per heavy atom. The van der Waals surface area contributed by atoms with Crippen molar-refractivity contribution in [2.45, 2.75) is 19.4 Å². The first-order valence-electron chi connectivity index (χ1n) is 5.08. The summed E-state index contributed by atoms with van der Waals surface area (Å²) in [6.07, 6.45) is -0.182. The molecule has 0 aliphatic rings. The molecule has 1 aromatic rings. The Kier molecular flexibility index (Phi) is 4.90. The maximum Gasteiger partial charge on any atom is 0.287 e. The third-order valence-electron chi connectivity index (χ3n) is 2.22. The molecular formula is C10H12BrN3O4. The van der Waals surface area contributed by atoms with Gasteiger partial charge in [-0.05, 0) is 28.4 Å². The van der Waals surface area contributed by atoms with Crippen molar-refractivity contribution in [3.8, 4) is 5.75 Å². The molecule has 18 heavy (non-hydrogen) atoms. The molecule has 1 unspecified atom stereocenters. The minimum absolute atomic E-state index is 0.0871. The number of hydrogen-bond donors (Lipinski definition) is 2. The second-order valence-corrected chi connectivity index (χ2v) is 4.18. The van der Waals surface area contributed by atoms with Gasteiger partial charge in [-0.15, -0.1) is 0 Å². The van der Waals surface area contributed by atoms with Gasteiger partial charge in [-0.3, -0.25) is 10.1 Å². The molecule has 1 atom stereocenters. The molecule has 98 valence electrons. The lowest BCUT2D eigenvalue weighted by atomic mass is 10.2. The molecule has 8 heteroatoms. The highest BCUT2D eigenvalue weighted by Crippen LogP contribution is 2.34. The maximum absolute atomic E-state index is 10.8. The number of halogens is 1. The summed E-state index contributed by atoms with van der Waals surface area (Å²) < 4.78 is 5.69. The summed E-state index contributed by atoms with van der Waals surface area (Å²) in [6, 6.07) is 4.41. The van der Waals surface area contributed by atoms with Gasteiger partial charge in [0.2, 0.25) is 0 Å². The van der Waals surface area contributed by atoms with Gasteiger partial charge in [-0.2, -0.15) is 0 Å². The SMILES string of the molecule is CCC(Oc1cccc([N+](=O)[O-])c1Br)/C(N)=N/O. The maximum atomic E-state index is 10.8. The summed E-state index contributed by atoms with van der Waals surface area (Å²) in [5, 5.41) is 22.2. The van der Waals surface area contributed by atoms with E-state index in [1.807, 2.05) is 0 Å². The Morgan fingerprint density at radius 2 is 2.39 bits per heavy atom. The number of benzene rings is 1. The first kappa shape index (κ1) is 14.2. The van der Waals surface area contributed by atoms with Gasteiger partial charge >= 0.3 is 0 Å². The van der Waals surface area contributed by atoms with Gasteiger partial charge < -0.3 is 15.7 Å². The number of oxime groups is 1. The average Bonchev–Trinajstić information content (AvgIpc) is 2.36. The number of amidine groups is 1. The van der Waals surface area contributed by atoms with Crippen LogP contribution in [0, 0.1) is 10.1 Å². The normalized spacial score (nSPS) is 13.1. The first-order chi connectivity index (χ1) is 8.51. The van der Waals surface area contributed by atoms with Crippen LogP contribution in [-0.2, 0) is 0 Å². The molecule has 0 fully saturated rings. The van der Waals surface area contributed by atoms with Crippen molar-refractivity contribution in [3.05, 3.63) is 32.8 Å². The molecular weight excluding hydrogens is 306 g/mol. The lowest BCUT2D eigenvalue weighted by Crippen LogP contribution is -2.33. The number of nitro groups is 1. The molecule has 0 aromatic heterocycles. The summed E-state index contributed by atoms with van der Waals surface area (Å²) in [5.74, 6) is 0.179. The fourth-order valence-corrected chi connectivity index (χ4v) is 1.80. The second-order valence-electron chi connectivity index (χ2n) is 3.39. The zero-order valence-corrected chi connectivity index (χ0v) is 11.1. The van der Waals surface area contributed by atoms with E-state index in [4.69, 9.17) is 15.7 Å². The van der Waals surface area contributed by atoms with Crippen LogP contribution in [0.3, 0.4) is 0 Å². The molecule has 0 aliphatic heterocycles. The molecule has 7 nitrogen and oxygen atoms in total. The van der Waals surface area contributed by atoms with Crippen LogP contribution in [0.2, 0.25) is 0 Å². The van der Waals surface area contributed by atoms with Crippen LogP contribution >= 0.6 is 15.9 Å². The molecule has 0 aliphatic carbocycles. The van der Waals surface area contributed by atoms with E-state index in [-0.39, 0.29) is 21.7 Å². The highest BCUT2D eigenvalue weighted by Gasteiger charge is 2.20. The van der Waals surface area contributed by atoms with Crippen LogP contribution in [0.5, 0.6) is 5.75 Å². The van der Waals surface area contributed by atoms with E-state index in [2.05, 4.69) is 21.1 Å². The van der Waals surface area contributed by atoms with E-state index in [0.29, 0.717) is 6.42 Å². The monoisotopic (exact) mass is 317 g/mol. The molecule has 0 bridgehead atoms. The highest BCUT2D eigenvalue weighted by atomic mass is 79.9. The quantitative estimate of drug-likeness (QED) is 0.284. The van der Waals surface area contributed by atoms with E-state index in [1.54, 1.807) is 13.0 Å². The fourth-order valence-electron chi connectivity index (χ4n) is 1.30. The predicted molar refractivity (Wildman–Crippen MR) is 68.9 cm³/mol. The number of nitrogens with zero attached hydrogens (tertiary/aromatic N) is 2. The Morgan fingerprint density at radius 1 is 1.72 bits per heavy atom. The largest absolute Gasteiger partial charge is 0.481 e. The van der Waals surface area contributed by atoms with Crippen molar-refractivity contribution in [3.63, 3.8) is 0 Å². The predicted octanol–water partition coefficient (Wildman–Crippen LogP) is 2.26. The van der Waals surface area contributed by atoms with Gasteiger partial charge in [-0.25, -0.2) is 0 Å². The second kappa shape index (κ2) is 6.20. The lowest BCUT2D eigenvalue weighted by Gasteiger charge is -2.16. The summed E-state index contributed by atoms with van der Waals surface area (Å²) in [4.78, 5) is 10.2. The third-order valence-corrected chi connectivity index (χ3v) is 3.02. The fraction of sp³-hybridized carbons (Fsp3) is 0.300. The molecule has 0 amide bonds. The van der Waals surface area contributed by atoms with Crippen molar-refractivity contribution in [1.29, 1.82) is 0 Å². The van der Waals surface area contributed by atoms with Crippen LogP contribution in [-0.4, -0.2) is 22.1 Å². The van der Waals surface area contributed by atoms with Gasteiger partial charge in [0.1, 0.15) is 10.2 Å². The molecule has 0 saturated heterocycles. The number of ether oxygens (including phenoxy) is 1. The zero-order valence-electron chi connectivity index (χ0n) is 9.54. The Hall–Kier alpha value is -1.83. The topological polar surface area (TPSA) is 111 Å². The van der Waals surface area contributed by atoms with Gasteiger partial charge in [0.15, 0.2) is 11.9 Å². The molecule has 0 spiro atoms. The molecule has 1 rings (SSSR count). The van der Waals surface area contributed by atoms with Crippen LogP contribution in [0.25, 0.3) is 0 Å². The third kappa shape index (κ3) is 3.10.